The average Bonchev–Trinajstić information content (AvgIpc) is 2.56. The van der Waals surface area contributed by atoms with Crippen molar-refractivity contribution in [3.05, 3.63) is 29.3 Å². The number of para-hydroxylation sites is 1. The summed E-state index contributed by atoms with van der Waals surface area (Å²) < 4.78 is 20.3. The Bertz CT molecular complexity index is 596. The van der Waals surface area contributed by atoms with Crippen molar-refractivity contribution in [2.75, 3.05) is 39.6 Å². The highest BCUT2D eigenvalue weighted by molar-refractivity contribution is 6.03. The summed E-state index contributed by atoms with van der Waals surface area (Å²) in [7, 11) is 0. The number of rotatable bonds is 11. The molecule has 0 radical (unpaired) electrons. The van der Waals surface area contributed by atoms with Crippen molar-refractivity contribution in [2.45, 2.75) is 13.8 Å². The maximum atomic E-state index is 12.2. The van der Waals surface area contributed by atoms with Crippen LogP contribution in [-0.4, -0.2) is 62.5 Å². The van der Waals surface area contributed by atoms with E-state index >= 15 is 0 Å². The van der Waals surface area contributed by atoms with Gasteiger partial charge in [-0.25, -0.2) is 4.79 Å². The fourth-order valence-corrected chi connectivity index (χ4v) is 1.89. The van der Waals surface area contributed by atoms with E-state index in [1.807, 2.05) is 0 Å². The highest BCUT2D eigenvalue weighted by Gasteiger charge is 2.21. The second kappa shape index (κ2) is 11.3. The molecule has 0 fully saturated rings. The summed E-state index contributed by atoms with van der Waals surface area (Å²) >= 11 is 0. The number of hydrogen-bond donors (Lipinski definition) is 1. The Morgan fingerprint density at radius 1 is 0.920 bits per heavy atom. The summed E-state index contributed by atoms with van der Waals surface area (Å²) in [6.07, 6.45) is 0. The molecular weight excluding hydrogens is 332 g/mol. The van der Waals surface area contributed by atoms with Crippen molar-refractivity contribution in [3.63, 3.8) is 0 Å². The third-order valence-corrected chi connectivity index (χ3v) is 2.93. The second-order valence-electron chi connectivity index (χ2n) is 4.92. The van der Waals surface area contributed by atoms with E-state index in [2.05, 4.69) is 0 Å². The van der Waals surface area contributed by atoms with Crippen LogP contribution < -0.4 is 4.74 Å². The molecule has 0 aliphatic carbocycles. The molecule has 0 aliphatic rings. The average molecular weight is 354 g/mol. The lowest BCUT2D eigenvalue weighted by molar-refractivity contribution is -0.131. The minimum atomic E-state index is -0.723. The van der Waals surface area contributed by atoms with E-state index in [9.17, 15) is 14.4 Å². The first-order chi connectivity index (χ1) is 12.0. The van der Waals surface area contributed by atoms with Crippen LogP contribution >= 0.6 is 0 Å². The molecule has 8 heteroatoms. The van der Waals surface area contributed by atoms with Gasteiger partial charge in [0, 0.05) is 6.92 Å². The molecular formula is C17H22O8. The standard InChI is InChI=1S/C17H22O8/c1-12(19)14-4-3-5-15(16(14)25-13(2)20)17(21)24-11-10-23-9-8-22-7-6-18/h3-5,18H,6-11H2,1-2H3. The van der Waals surface area contributed by atoms with Crippen LogP contribution in [-0.2, 0) is 19.0 Å². The maximum Gasteiger partial charge on any atom is 0.342 e. The number of benzene rings is 1. The monoisotopic (exact) mass is 354 g/mol. The minimum absolute atomic E-state index is 0.00539. The fourth-order valence-electron chi connectivity index (χ4n) is 1.89. The first kappa shape index (κ1) is 20.8. The van der Waals surface area contributed by atoms with Gasteiger partial charge in [0.1, 0.15) is 12.2 Å². The molecule has 1 aromatic rings. The first-order valence-corrected chi connectivity index (χ1v) is 7.73. The van der Waals surface area contributed by atoms with Crippen LogP contribution in [0.4, 0.5) is 0 Å². The van der Waals surface area contributed by atoms with Crippen LogP contribution in [0.25, 0.3) is 0 Å². The molecule has 0 saturated heterocycles. The molecule has 8 nitrogen and oxygen atoms in total. The summed E-state index contributed by atoms with van der Waals surface area (Å²) in [5.74, 6) is -1.81. The van der Waals surface area contributed by atoms with E-state index < -0.39 is 11.9 Å². The normalized spacial score (nSPS) is 10.4. The highest BCUT2D eigenvalue weighted by atomic mass is 16.6. The molecule has 0 aliphatic heterocycles. The summed E-state index contributed by atoms with van der Waals surface area (Å²) in [6.45, 7) is 3.45. The Morgan fingerprint density at radius 3 is 2.12 bits per heavy atom. The van der Waals surface area contributed by atoms with Gasteiger partial charge in [-0.1, -0.05) is 6.07 Å². The van der Waals surface area contributed by atoms with Crippen LogP contribution in [0.3, 0.4) is 0 Å². The van der Waals surface area contributed by atoms with E-state index in [0.29, 0.717) is 13.2 Å². The number of ketones is 1. The van der Waals surface area contributed by atoms with Crippen LogP contribution in [0.15, 0.2) is 18.2 Å². The van der Waals surface area contributed by atoms with E-state index in [4.69, 9.17) is 24.1 Å². The Morgan fingerprint density at radius 2 is 1.52 bits per heavy atom. The molecule has 1 N–H and O–H groups in total. The van der Waals surface area contributed by atoms with Crippen LogP contribution in [0.5, 0.6) is 5.75 Å². The molecule has 25 heavy (non-hydrogen) atoms. The van der Waals surface area contributed by atoms with Gasteiger partial charge in [-0.3, -0.25) is 9.59 Å². The van der Waals surface area contributed by atoms with E-state index in [0.717, 1.165) is 0 Å². The summed E-state index contributed by atoms with van der Waals surface area (Å²) in [5, 5.41) is 8.53. The smallest absolute Gasteiger partial charge is 0.342 e. The molecule has 0 heterocycles. The minimum Gasteiger partial charge on any atom is -0.460 e. The molecule has 0 atom stereocenters. The Balaban J connectivity index is 2.58. The number of carbonyl (C=O) groups excluding carboxylic acids is 3. The number of ether oxygens (including phenoxy) is 4. The van der Waals surface area contributed by atoms with Crippen molar-refractivity contribution in [1.82, 2.24) is 0 Å². The van der Waals surface area contributed by atoms with Gasteiger partial charge in [0.25, 0.3) is 0 Å². The fraction of sp³-hybridized carbons (Fsp3) is 0.471. The second-order valence-corrected chi connectivity index (χ2v) is 4.92. The number of esters is 2. The van der Waals surface area contributed by atoms with Gasteiger partial charge in [-0.2, -0.15) is 0 Å². The number of hydrogen-bond acceptors (Lipinski definition) is 8. The highest BCUT2D eigenvalue weighted by Crippen LogP contribution is 2.25. The Labute approximate surface area is 145 Å². The van der Waals surface area contributed by atoms with Gasteiger partial charge >= 0.3 is 11.9 Å². The van der Waals surface area contributed by atoms with Crippen LogP contribution in [0.2, 0.25) is 0 Å². The van der Waals surface area contributed by atoms with Gasteiger partial charge in [0.2, 0.25) is 0 Å². The lowest BCUT2D eigenvalue weighted by Gasteiger charge is -2.12. The molecule has 138 valence electrons. The largest absolute Gasteiger partial charge is 0.460 e. The SMILES string of the molecule is CC(=O)Oc1c(C(C)=O)cccc1C(=O)OCCOCCOCCO. The van der Waals surface area contributed by atoms with Gasteiger partial charge < -0.3 is 24.1 Å². The van der Waals surface area contributed by atoms with Crippen molar-refractivity contribution < 1.29 is 38.4 Å². The van der Waals surface area contributed by atoms with Crippen LogP contribution in [0, 0.1) is 0 Å². The Kier molecular flexibility index (Phi) is 9.38. The van der Waals surface area contributed by atoms with Gasteiger partial charge in [0.15, 0.2) is 11.5 Å². The predicted molar refractivity (Wildman–Crippen MR) is 86.8 cm³/mol. The third kappa shape index (κ3) is 7.42. The summed E-state index contributed by atoms with van der Waals surface area (Å²) in [6, 6.07) is 4.39. The molecule has 0 amide bonds. The number of aliphatic hydroxyl groups is 1. The van der Waals surface area contributed by atoms with Crippen molar-refractivity contribution >= 4 is 17.7 Å². The van der Waals surface area contributed by atoms with Gasteiger partial charge in [-0.05, 0) is 19.1 Å². The van der Waals surface area contributed by atoms with Gasteiger partial charge in [0.05, 0.1) is 38.6 Å². The number of Topliss-reactive ketones (excluding diaryl/α,β-unsaturated/α-hetero) is 1. The zero-order valence-corrected chi connectivity index (χ0v) is 14.3. The number of carbonyl (C=O) groups is 3. The summed E-state index contributed by atoms with van der Waals surface area (Å²) in [5.41, 5.74) is 0.121. The predicted octanol–water partition coefficient (Wildman–Crippen LogP) is 0.997. The van der Waals surface area contributed by atoms with Crippen molar-refractivity contribution in [1.29, 1.82) is 0 Å². The molecule has 0 unspecified atom stereocenters. The van der Waals surface area contributed by atoms with E-state index in [1.165, 1.54) is 32.0 Å². The van der Waals surface area contributed by atoms with Crippen molar-refractivity contribution in [3.8, 4) is 5.75 Å². The third-order valence-electron chi connectivity index (χ3n) is 2.93. The lowest BCUT2D eigenvalue weighted by atomic mass is 10.1. The first-order valence-electron chi connectivity index (χ1n) is 7.73. The zero-order valence-electron chi connectivity index (χ0n) is 14.3. The Hall–Kier alpha value is -2.29. The molecule has 0 spiro atoms. The molecule has 0 bridgehead atoms. The quantitative estimate of drug-likeness (QED) is 0.271. The molecule has 1 rings (SSSR count). The molecule has 1 aromatic carbocycles. The maximum absolute atomic E-state index is 12.2. The lowest BCUT2D eigenvalue weighted by Crippen LogP contribution is -2.16. The van der Waals surface area contributed by atoms with Gasteiger partial charge in [-0.15, -0.1) is 0 Å². The molecule has 0 saturated carbocycles. The van der Waals surface area contributed by atoms with E-state index in [-0.39, 0.29) is 49.1 Å². The summed E-state index contributed by atoms with van der Waals surface area (Å²) in [4.78, 5) is 35.0. The molecule has 0 aromatic heterocycles. The zero-order chi connectivity index (χ0) is 18.7. The van der Waals surface area contributed by atoms with Crippen molar-refractivity contribution in [2.24, 2.45) is 0 Å². The van der Waals surface area contributed by atoms with Crippen LogP contribution in [0.1, 0.15) is 34.6 Å². The van der Waals surface area contributed by atoms with E-state index in [1.54, 1.807) is 0 Å². The topological polar surface area (TPSA) is 108 Å². The number of aliphatic hydroxyl groups excluding tert-OH is 1.